The van der Waals surface area contributed by atoms with E-state index >= 15 is 0 Å². The van der Waals surface area contributed by atoms with Crippen LogP contribution in [0.25, 0.3) is 0 Å². The Kier molecular flexibility index (Phi) is 6.78. The molecule has 1 heterocycles. The predicted octanol–water partition coefficient (Wildman–Crippen LogP) is 3.86. The number of nitrogens with one attached hydrogen (secondary N) is 1. The molecular formula is C16H18Cl2N4O2S. The summed E-state index contributed by atoms with van der Waals surface area (Å²) in [5, 5.41) is 4.98. The lowest BCUT2D eigenvalue weighted by Crippen LogP contribution is -2.30. The number of anilines is 1. The molecule has 0 unspecified atom stereocenters. The van der Waals surface area contributed by atoms with Crippen molar-refractivity contribution in [3.8, 4) is 0 Å². The molecule has 0 bridgehead atoms. The molecule has 0 spiro atoms. The van der Waals surface area contributed by atoms with E-state index in [9.17, 15) is 8.42 Å². The minimum Gasteiger partial charge on any atom is -0.261 e. The van der Waals surface area contributed by atoms with E-state index in [2.05, 4.69) is 15.5 Å². The maximum Gasteiger partial charge on any atom is 0.244 e. The van der Waals surface area contributed by atoms with Crippen molar-refractivity contribution in [2.24, 2.45) is 5.10 Å². The molecule has 1 aromatic heterocycles. The van der Waals surface area contributed by atoms with E-state index < -0.39 is 10.0 Å². The molecule has 0 saturated carbocycles. The normalized spacial score (nSPS) is 12.0. The van der Waals surface area contributed by atoms with Crippen LogP contribution in [0.2, 0.25) is 10.0 Å². The summed E-state index contributed by atoms with van der Waals surface area (Å²) >= 11 is 12.1. The van der Waals surface area contributed by atoms with Gasteiger partial charge in [0.1, 0.15) is 10.7 Å². The second-order valence-corrected chi connectivity index (χ2v) is 7.73. The Labute approximate surface area is 157 Å². The number of sulfonamides is 1. The van der Waals surface area contributed by atoms with Gasteiger partial charge in [0, 0.05) is 24.8 Å². The molecule has 134 valence electrons. The van der Waals surface area contributed by atoms with E-state index in [4.69, 9.17) is 23.2 Å². The Balaban J connectivity index is 2.12. The zero-order chi connectivity index (χ0) is 18.4. The molecule has 0 saturated heterocycles. The van der Waals surface area contributed by atoms with Crippen LogP contribution in [0.15, 0.2) is 46.5 Å². The zero-order valence-electron chi connectivity index (χ0n) is 13.8. The van der Waals surface area contributed by atoms with Gasteiger partial charge in [-0.1, -0.05) is 43.1 Å². The molecule has 0 aliphatic rings. The number of hydrazone groups is 1. The second-order valence-electron chi connectivity index (χ2n) is 4.97. The summed E-state index contributed by atoms with van der Waals surface area (Å²) in [7, 11) is -3.52. The summed E-state index contributed by atoms with van der Waals surface area (Å²) < 4.78 is 26.1. The lowest BCUT2D eigenvalue weighted by molar-refractivity contribution is 0.445. The quantitative estimate of drug-likeness (QED) is 0.565. The van der Waals surface area contributed by atoms with Gasteiger partial charge in [0.25, 0.3) is 0 Å². The number of nitrogens with zero attached hydrogens (tertiary/aromatic N) is 3. The van der Waals surface area contributed by atoms with Crippen molar-refractivity contribution in [3.63, 3.8) is 0 Å². The molecule has 9 heteroatoms. The predicted molar refractivity (Wildman–Crippen MR) is 102 cm³/mol. The lowest BCUT2D eigenvalue weighted by atomic mass is 10.2. The van der Waals surface area contributed by atoms with E-state index in [1.54, 1.807) is 38.1 Å². The van der Waals surface area contributed by atoms with Gasteiger partial charge in [0.2, 0.25) is 10.0 Å². The fourth-order valence-electron chi connectivity index (χ4n) is 2.11. The largest absolute Gasteiger partial charge is 0.261 e. The summed E-state index contributed by atoms with van der Waals surface area (Å²) in [6, 6.07) is 8.19. The SMILES string of the molecule is CCN(CC)S(=O)(=O)c1ccc(N/N=C/c2c(Cl)cccc2Cl)nc1. The Morgan fingerprint density at radius 1 is 1.16 bits per heavy atom. The highest BCUT2D eigenvalue weighted by molar-refractivity contribution is 7.89. The average molecular weight is 401 g/mol. The fraction of sp³-hybridized carbons (Fsp3) is 0.250. The van der Waals surface area contributed by atoms with Crippen LogP contribution in [-0.4, -0.2) is 37.0 Å². The van der Waals surface area contributed by atoms with Crippen LogP contribution >= 0.6 is 23.2 Å². The van der Waals surface area contributed by atoms with Crippen molar-refractivity contribution in [1.82, 2.24) is 9.29 Å². The van der Waals surface area contributed by atoms with Crippen molar-refractivity contribution in [2.45, 2.75) is 18.7 Å². The highest BCUT2D eigenvalue weighted by atomic mass is 35.5. The molecule has 25 heavy (non-hydrogen) atoms. The summed E-state index contributed by atoms with van der Waals surface area (Å²) in [6.45, 7) is 4.39. The molecule has 0 amide bonds. The molecule has 0 atom stereocenters. The number of pyridine rings is 1. The van der Waals surface area contributed by atoms with Gasteiger partial charge in [-0.3, -0.25) is 5.43 Å². The highest BCUT2D eigenvalue weighted by Gasteiger charge is 2.21. The number of hydrogen-bond acceptors (Lipinski definition) is 5. The molecule has 6 nitrogen and oxygen atoms in total. The molecule has 0 radical (unpaired) electrons. The van der Waals surface area contributed by atoms with E-state index in [1.807, 2.05) is 0 Å². The van der Waals surface area contributed by atoms with Gasteiger partial charge in [0.15, 0.2) is 0 Å². The Morgan fingerprint density at radius 3 is 2.32 bits per heavy atom. The van der Waals surface area contributed by atoms with Crippen molar-refractivity contribution in [2.75, 3.05) is 18.5 Å². The van der Waals surface area contributed by atoms with Gasteiger partial charge < -0.3 is 0 Å². The molecule has 2 aromatic rings. The van der Waals surface area contributed by atoms with Crippen LogP contribution in [0, 0.1) is 0 Å². The van der Waals surface area contributed by atoms with Gasteiger partial charge >= 0.3 is 0 Å². The minimum absolute atomic E-state index is 0.139. The van der Waals surface area contributed by atoms with Crippen LogP contribution in [-0.2, 0) is 10.0 Å². The first kappa shape index (κ1) is 19.7. The van der Waals surface area contributed by atoms with Crippen LogP contribution in [0.4, 0.5) is 5.82 Å². The van der Waals surface area contributed by atoms with Crippen molar-refractivity contribution >= 4 is 45.3 Å². The Hall–Kier alpha value is -1.67. The molecule has 2 rings (SSSR count). The summed E-state index contributed by atoms with van der Waals surface area (Å²) in [6.07, 6.45) is 2.78. The summed E-state index contributed by atoms with van der Waals surface area (Å²) in [4.78, 5) is 4.21. The van der Waals surface area contributed by atoms with Gasteiger partial charge in [-0.2, -0.15) is 9.41 Å². The van der Waals surface area contributed by atoms with E-state index in [-0.39, 0.29) is 4.90 Å². The smallest absolute Gasteiger partial charge is 0.244 e. The molecule has 0 aliphatic heterocycles. The van der Waals surface area contributed by atoms with Gasteiger partial charge in [-0.05, 0) is 24.3 Å². The topological polar surface area (TPSA) is 74.7 Å². The van der Waals surface area contributed by atoms with Crippen LogP contribution in [0.1, 0.15) is 19.4 Å². The standard InChI is InChI=1S/C16H18Cl2N4O2S/c1-3-22(4-2)25(23,24)12-8-9-16(19-10-12)21-20-11-13-14(17)6-5-7-15(13)18/h5-11H,3-4H2,1-2H3,(H,19,21)/b20-11+. The molecular weight excluding hydrogens is 383 g/mol. The molecule has 0 fully saturated rings. The first-order chi connectivity index (χ1) is 11.9. The average Bonchev–Trinajstić information content (AvgIpc) is 2.59. The number of benzene rings is 1. The summed E-state index contributed by atoms with van der Waals surface area (Å²) in [5.41, 5.74) is 3.30. The number of rotatable bonds is 7. The van der Waals surface area contributed by atoms with E-state index in [0.717, 1.165) is 0 Å². The maximum absolute atomic E-state index is 12.4. The summed E-state index contributed by atoms with van der Waals surface area (Å²) in [5.74, 6) is 0.401. The van der Waals surface area contributed by atoms with Crippen molar-refractivity contribution in [1.29, 1.82) is 0 Å². The van der Waals surface area contributed by atoms with Crippen molar-refractivity contribution < 1.29 is 8.42 Å². The third-order valence-electron chi connectivity index (χ3n) is 3.45. The first-order valence-corrected chi connectivity index (χ1v) is 9.79. The molecule has 1 N–H and O–H groups in total. The fourth-order valence-corrected chi connectivity index (χ4v) is 4.01. The van der Waals surface area contributed by atoms with Crippen LogP contribution < -0.4 is 5.43 Å². The van der Waals surface area contributed by atoms with Gasteiger partial charge in [0.05, 0.1) is 16.3 Å². The van der Waals surface area contributed by atoms with Gasteiger partial charge in [-0.15, -0.1) is 0 Å². The highest BCUT2D eigenvalue weighted by Crippen LogP contribution is 2.22. The second kappa shape index (κ2) is 8.62. The molecule has 0 aliphatic carbocycles. The van der Waals surface area contributed by atoms with Crippen LogP contribution in [0.3, 0.4) is 0 Å². The third-order valence-corrected chi connectivity index (χ3v) is 6.14. The van der Waals surface area contributed by atoms with Crippen LogP contribution in [0.5, 0.6) is 0 Å². The van der Waals surface area contributed by atoms with E-state index in [0.29, 0.717) is 34.5 Å². The number of hydrogen-bond donors (Lipinski definition) is 1. The number of halogens is 2. The monoisotopic (exact) mass is 400 g/mol. The Morgan fingerprint density at radius 2 is 1.80 bits per heavy atom. The zero-order valence-corrected chi connectivity index (χ0v) is 16.1. The molecule has 1 aromatic carbocycles. The number of aromatic nitrogens is 1. The Bertz CT molecular complexity index is 831. The first-order valence-electron chi connectivity index (χ1n) is 7.59. The minimum atomic E-state index is -3.52. The van der Waals surface area contributed by atoms with Crippen molar-refractivity contribution in [3.05, 3.63) is 52.1 Å². The third kappa shape index (κ3) is 4.70. The van der Waals surface area contributed by atoms with Gasteiger partial charge in [-0.25, -0.2) is 13.4 Å². The van der Waals surface area contributed by atoms with E-state index in [1.165, 1.54) is 22.8 Å². The maximum atomic E-state index is 12.4. The lowest BCUT2D eigenvalue weighted by Gasteiger charge is -2.18.